The van der Waals surface area contributed by atoms with Gasteiger partial charge in [-0.3, -0.25) is 4.98 Å². The monoisotopic (exact) mass is 366 g/mol. The Hall–Kier alpha value is -2.24. The minimum atomic E-state index is -3.52. The topological polar surface area (TPSA) is 50.3 Å². The highest BCUT2D eigenvalue weighted by atomic mass is 32.2. The maximum absolute atomic E-state index is 13.3. The molecule has 2 aromatic carbocycles. The van der Waals surface area contributed by atoms with Crippen LogP contribution < -0.4 is 0 Å². The third kappa shape index (κ3) is 3.13. The smallest absolute Gasteiger partial charge is 0.243 e. The van der Waals surface area contributed by atoms with E-state index in [1.807, 2.05) is 49.5 Å². The van der Waals surface area contributed by atoms with Gasteiger partial charge in [-0.1, -0.05) is 42.3 Å². The third-order valence-corrected chi connectivity index (χ3v) is 7.00. The fourth-order valence-electron chi connectivity index (χ4n) is 3.64. The summed E-state index contributed by atoms with van der Waals surface area (Å²) in [6.45, 7) is 2.51. The Morgan fingerprint density at radius 1 is 1.04 bits per heavy atom. The van der Waals surface area contributed by atoms with Crippen molar-refractivity contribution in [1.29, 1.82) is 0 Å². The zero-order valence-electron chi connectivity index (χ0n) is 14.8. The van der Waals surface area contributed by atoms with E-state index in [1.165, 1.54) is 0 Å². The van der Waals surface area contributed by atoms with Gasteiger partial charge in [0, 0.05) is 18.1 Å². The molecule has 0 amide bonds. The van der Waals surface area contributed by atoms with E-state index in [0.717, 1.165) is 41.3 Å². The summed E-state index contributed by atoms with van der Waals surface area (Å²) in [5, 5.41) is 1.04. The molecule has 26 heavy (non-hydrogen) atoms. The average molecular weight is 366 g/mol. The highest BCUT2D eigenvalue weighted by Gasteiger charge is 2.34. The number of aromatic nitrogens is 1. The van der Waals surface area contributed by atoms with E-state index in [2.05, 4.69) is 11.1 Å². The number of sulfonamides is 1. The Balaban J connectivity index is 1.74. The van der Waals surface area contributed by atoms with Gasteiger partial charge >= 0.3 is 0 Å². The van der Waals surface area contributed by atoms with Crippen LogP contribution in [-0.4, -0.2) is 24.3 Å². The summed E-state index contributed by atoms with van der Waals surface area (Å²) < 4.78 is 28.2. The van der Waals surface area contributed by atoms with E-state index < -0.39 is 10.0 Å². The van der Waals surface area contributed by atoms with Crippen LogP contribution in [0.3, 0.4) is 0 Å². The minimum Gasteiger partial charge on any atom is -0.256 e. The van der Waals surface area contributed by atoms with Crippen LogP contribution >= 0.6 is 0 Å². The number of hydrogen-bond acceptors (Lipinski definition) is 3. The predicted molar refractivity (Wildman–Crippen MR) is 103 cm³/mol. The molecule has 0 N–H and O–H groups in total. The lowest BCUT2D eigenvalue weighted by atomic mass is 9.98. The Bertz CT molecular complexity index is 1030. The van der Waals surface area contributed by atoms with Gasteiger partial charge in [0.1, 0.15) is 0 Å². The molecule has 1 atom stereocenters. The Kier molecular flexibility index (Phi) is 4.51. The van der Waals surface area contributed by atoms with Crippen LogP contribution in [0, 0.1) is 6.92 Å². The Morgan fingerprint density at radius 3 is 2.62 bits per heavy atom. The van der Waals surface area contributed by atoms with Crippen molar-refractivity contribution in [2.45, 2.75) is 37.1 Å². The summed E-state index contributed by atoms with van der Waals surface area (Å²) >= 11 is 0. The first-order valence-corrected chi connectivity index (χ1v) is 10.4. The number of benzene rings is 2. The van der Waals surface area contributed by atoms with Crippen LogP contribution in [0.5, 0.6) is 0 Å². The average Bonchev–Trinajstić information content (AvgIpc) is 2.68. The fraction of sp³-hybridized carbons (Fsp3) is 0.286. The number of para-hydroxylation sites is 1. The van der Waals surface area contributed by atoms with Crippen molar-refractivity contribution in [3.8, 4) is 0 Å². The van der Waals surface area contributed by atoms with Gasteiger partial charge in [-0.15, -0.1) is 0 Å². The van der Waals surface area contributed by atoms with Crippen LogP contribution in [0.2, 0.25) is 0 Å². The van der Waals surface area contributed by atoms with Crippen LogP contribution in [0.15, 0.2) is 65.7 Å². The first kappa shape index (κ1) is 17.2. The lowest BCUT2D eigenvalue weighted by Gasteiger charge is -2.35. The molecule has 4 rings (SSSR count). The van der Waals surface area contributed by atoms with Crippen molar-refractivity contribution in [3.63, 3.8) is 0 Å². The molecule has 1 fully saturated rings. The summed E-state index contributed by atoms with van der Waals surface area (Å²) in [6, 6.07) is 17.0. The van der Waals surface area contributed by atoms with E-state index in [9.17, 15) is 8.42 Å². The van der Waals surface area contributed by atoms with Crippen LogP contribution in [0.1, 0.15) is 36.4 Å². The molecular formula is C21H22N2O2S. The lowest BCUT2D eigenvalue weighted by Crippen LogP contribution is -2.38. The maximum Gasteiger partial charge on any atom is 0.243 e. The summed E-state index contributed by atoms with van der Waals surface area (Å²) in [6.07, 6.45) is 4.57. The molecular weight excluding hydrogens is 344 g/mol. The van der Waals surface area contributed by atoms with E-state index in [1.54, 1.807) is 16.4 Å². The molecule has 0 bridgehead atoms. The van der Waals surface area contributed by atoms with E-state index in [-0.39, 0.29) is 6.04 Å². The highest BCUT2D eigenvalue weighted by Crippen LogP contribution is 2.36. The van der Waals surface area contributed by atoms with Crippen LogP contribution in [0.25, 0.3) is 10.9 Å². The molecule has 5 heteroatoms. The third-order valence-electron chi connectivity index (χ3n) is 5.08. The normalized spacial score (nSPS) is 18.9. The second-order valence-corrected chi connectivity index (χ2v) is 8.79. The second kappa shape index (κ2) is 6.82. The van der Waals surface area contributed by atoms with Gasteiger partial charge in [0.15, 0.2) is 0 Å². The van der Waals surface area contributed by atoms with Gasteiger partial charge in [0.2, 0.25) is 10.0 Å². The Labute approximate surface area is 154 Å². The molecule has 0 radical (unpaired) electrons. The van der Waals surface area contributed by atoms with Crippen molar-refractivity contribution in [2.75, 3.05) is 6.54 Å². The first-order chi connectivity index (χ1) is 12.6. The second-order valence-electron chi connectivity index (χ2n) is 6.90. The van der Waals surface area contributed by atoms with Crippen molar-refractivity contribution in [1.82, 2.24) is 9.29 Å². The molecule has 2 heterocycles. The molecule has 1 saturated heterocycles. The van der Waals surface area contributed by atoms with Gasteiger partial charge in [0.25, 0.3) is 0 Å². The summed E-state index contributed by atoms with van der Waals surface area (Å²) in [5.74, 6) is 0. The molecule has 0 spiro atoms. The number of pyridine rings is 1. The highest BCUT2D eigenvalue weighted by molar-refractivity contribution is 7.89. The Morgan fingerprint density at radius 2 is 1.81 bits per heavy atom. The molecule has 1 aliphatic heterocycles. The zero-order chi connectivity index (χ0) is 18.1. The minimum absolute atomic E-state index is 0.160. The lowest BCUT2D eigenvalue weighted by molar-refractivity contribution is 0.256. The van der Waals surface area contributed by atoms with Gasteiger partial charge in [-0.05, 0) is 49.6 Å². The standard InChI is InChI=1S/C21H22N2O2S/c1-16-9-11-19(12-10-16)26(24,25)23-13-5-4-8-21(23)18-14-17-6-2-3-7-20(17)22-15-18/h2-3,6-7,9-12,14-15,21H,4-5,8,13H2,1H3/t21-/m0/s1. The summed E-state index contributed by atoms with van der Waals surface area (Å²) in [7, 11) is -3.52. The van der Waals surface area contributed by atoms with Gasteiger partial charge in [-0.25, -0.2) is 8.42 Å². The molecule has 0 unspecified atom stereocenters. The fourth-order valence-corrected chi connectivity index (χ4v) is 5.32. The molecule has 1 aromatic heterocycles. The quantitative estimate of drug-likeness (QED) is 0.688. The van der Waals surface area contributed by atoms with Crippen molar-refractivity contribution >= 4 is 20.9 Å². The van der Waals surface area contributed by atoms with Gasteiger partial charge in [0.05, 0.1) is 16.5 Å². The maximum atomic E-state index is 13.3. The molecule has 4 nitrogen and oxygen atoms in total. The van der Waals surface area contributed by atoms with Crippen LogP contribution in [0.4, 0.5) is 0 Å². The van der Waals surface area contributed by atoms with Gasteiger partial charge in [-0.2, -0.15) is 4.31 Å². The predicted octanol–water partition coefficient (Wildman–Crippen LogP) is 4.46. The van der Waals surface area contributed by atoms with Crippen molar-refractivity contribution < 1.29 is 8.42 Å². The largest absolute Gasteiger partial charge is 0.256 e. The summed E-state index contributed by atoms with van der Waals surface area (Å²) in [4.78, 5) is 4.90. The van der Waals surface area contributed by atoms with Crippen molar-refractivity contribution in [2.24, 2.45) is 0 Å². The molecule has 3 aromatic rings. The molecule has 0 aliphatic carbocycles. The molecule has 1 aliphatic rings. The number of rotatable bonds is 3. The number of aryl methyl sites for hydroxylation is 1. The van der Waals surface area contributed by atoms with Gasteiger partial charge < -0.3 is 0 Å². The number of piperidine rings is 1. The summed E-state index contributed by atoms with van der Waals surface area (Å²) in [5.41, 5.74) is 2.96. The van der Waals surface area contributed by atoms with E-state index >= 15 is 0 Å². The number of hydrogen-bond donors (Lipinski definition) is 0. The first-order valence-electron chi connectivity index (χ1n) is 8.99. The molecule has 134 valence electrons. The molecule has 0 saturated carbocycles. The van der Waals surface area contributed by atoms with Crippen molar-refractivity contribution in [3.05, 3.63) is 71.9 Å². The number of fused-ring (bicyclic) bond motifs is 1. The van der Waals surface area contributed by atoms with Crippen LogP contribution in [-0.2, 0) is 10.0 Å². The van der Waals surface area contributed by atoms with E-state index in [4.69, 9.17) is 0 Å². The zero-order valence-corrected chi connectivity index (χ0v) is 15.6. The van der Waals surface area contributed by atoms with E-state index in [0.29, 0.717) is 11.4 Å². The SMILES string of the molecule is Cc1ccc(S(=O)(=O)N2CCCC[C@H]2c2cnc3ccccc3c2)cc1. The number of nitrogens with zero attached hydrogens (tertiary/aromatic N) is 2.